The first-order valence-corrected chi connectivity index (χ1v) is 7.39. The van der Waals surface area contributed by atoms with E-state index < -0.39 is 0 Å². The monoisotopic (exact) mass is 283 g/mol. The van der Waals surface area contributed by atoms with Crippen molar-refractivity contribution in [1.82, 2.24) is 4.90 Å². The van der Waals surface area contributed by atoms with Crippen molar-refractivity contribution >= 4 is 0 Å². The minimum absolute atomic E-state index is 0.0269. The molecule has 0 fully saturated rings. The van der Waals surface area contributed by atoms with Crippen LogP contribution in [0.1, 0.15) is 11.1 Å². The van der Waals surface area contributed by atoms with E-state index in [9.17, 15) is 0 Å². The Hall–Kier alpha value is -1.64. The first kappa shape index (κ1) is 15.7. The van der Waals surface area contributed by atoms with E-state index in [2.05, 4.69) is 79.7 Å². The second-order valence-electron chi connectivity index (χ2n) is 5.98. The predicted octanol–water partition coefficient (Wildman–Crippen LogP) is 3.38. The molecule has 0 saturated heterocycles. The first-order valence-electron chi connectivity index (χ1n) is 7.39. The van der Waals surface area contributed by atoms with E-state index in [1.54, 1.807) is 7.11 Å². The molecular weight excluding hydrogens is 258 g/mol. The van der Waals surface area contributed by atoms with Gasteiger partial charge in [0.2, 0.25) is 0 Å². The molecule has 0 N–H and O–H groups in total. The number of nitrogens with zero attached hydrogens (tertiary/aromatic N) is 1. The smallest absolute Gasteiger partial charge is 0.0574 e. The normalized spacial score (nSPS) is 14.1. The van der Waals surface area contributed by atoms with Crippen molar-refractivity contribution < 1.29 is 4.74 Å². The Labute approximate surface area is 128 Å². The fraction of sp³-hybridized carbons (Fsp3) is 0.368. The summed E-state index contributed by atoms with van der Waals surface area (Å²) >= 11 is 0. The van der Waals surface area contributed by atoms with Gasteiger partial charge in [0.05, 0.1) is 6.61 Å². The van der Waals surface area contributed by atoms with E-state index in [1.807, 2.05) is 0 Å². The fourth-order valence-corrected chi connectivity index (χ4v) is 3.09. The molecule has 0 aromatic heterocycles. The van der Waals surface area contributed by atoms with Crippen LogP contribution in [-0.4, -0.2) is 39.3 Å². The van der Waals surface area contributed by atoms with E-state index >= 15 is 0 Å². The molecule has 1 unspecified atom stereocenters. The quantitative estimate of drug-likeness (QED) is 0.772. The van der Waals surface area contributed by atoms with Crippen LogP contribution in [0.2, 0.25) is 0 Å². The summed E-state index contributed by atoms with van der Waals surface area (Å²) in [7, 11) is 6.04. The molecule has 0 heterocycles. The van der Waals surface area contributed by atoms with Crippen LogP contribution in [0.3, 0.4) is 0 Å². The molecular formula is C19H25NO. The topological polar surface area (TPSA) is 12.5 Å². The lowest BCUT2D eigenvalue weighted by molar-refractivity contribution is 0.108. The molecule has 0 saturated carbocycles. The third-order valence-electron chi connectivity index (χ3n) is 3.81. The second-order valence-corrected chi connectivity index (χ2v) is 5.98. The lowest BCUT2D eigenvalue weighted by Crippen LogP contribution is -2.43. The molecule has 0 radical (unpaired) electrons. The van der Waals surface area contributed by atoms with Crippen LogP contribution in [0.15, 0.2) is 60.7 Å². The molecule has 0 bridgehead atoms. The van der Waals surface area contributed by atoms with Crippen molar-refractivity contribution in [3.05, 3.63) is 71.8 Å². The maximum Gasteiger partial charge on any atom is 0.0574 e. The molecule has 2 aromatic carbocycles. The highest BCUT2D eigenvalue weighted by Crippen LogP contribution is 2.30. The highest BCUT2D eigenvalue weighted by atomic mass is 16.5. The lowest BCUT2D eigenvalue weighted by Gasteiger charge is -2.36. The number of hydrogen-bond acceptors (Lipinski definition) is 2. The minimum atomic E-state index is -0.0269. The molecule has 21 heavy (non-hydrogen) atoms. The van der Waals surface area contributed by atoms with Gasteiger partial charge in [0.25, 0.3) is 0 Å². The molecule has 2 aromatic rings. The Morgan fingerprint density at radius 3 is 2.00 bits per heavy atom. The highest BCUT2D eigenvalue weighted by Gasteiger charge is 2.33. The predicted molar refractivity (Wildman–Crippen MR) is 88.7 cm³/mol. The van der Waals surface area contributed by atoms with Crippen LogP contribution in [-0.2, 0) is 16.6 Å². The molecule has 2 heteroatoms. The first-order chi connectivity index (χ1) is 10.2. The fourth-order valence-electron chi connectivity index (χ4n) is 3.09. The highest BCUT2D eigenvalue weighted by molar-refractivity contribution is 5.30. The van der Waals surface area contributed by atoms with Gasteiger partial charge >= 0.3 is 0 Å². The van der Waals surface area contributed by atoms with Crippen LogP contribution >= 0.6 is 0 Å². The number of hydrogen-bond donors (Lipinski definition) is 0. The third kappa shape index (κ3) is 4.16. The van der Waals surface area contributed by atoms with Crippen LogP contribution in [0.25, 0.3) is 0 Å². The number of rotatable bonds is 7. The summed E-state index contributed by atoms with van der Waals surface area (Å²) < 4.78 is 5.61. The summed E-state index contributed by atoms with van der Waals surface area (Å²) in [4.78, 5) is 2.24. The van der Waals surface area contributed by atoms with Crippen molar-refractivity contribution in [3.8, 4) is 0 Å². The lowest BCUT2D eigenvalue weighted by atomic mass is 9.75. The van der Waals surface area contributed by atoms with E-state index in [1.165, 1.54) is 11.1 Å². The van der Waals surface area contributed by atoms with Crippen molar-refractivity contribution in [2.75, 3.05) is 34.4 Å². The van der Waals surface area contributed by atoms with Gasteiger partial charge in [-0.1, -0.05) is 60.7 Å². The van der Waals surface area contributed by atoms with Crippen molar-refractivity contribution in [1.29, 1.82) is 0 Å². The molecule has 2 rings (SSSR count). The van der Waals surface area contributed by atoms with Gasteiger partial charge in [0.15, 0.2) is 0 Å². The Balaban J connectivity index is 2.40. The van der Waals surface area contributed by atoms with Gasteiger partial charge in [-0.2, -0.15) is 0 Å². The van der Waals surface area contributed by atoms with Crippen LogP contribution in [0, 0.1) is 0 Å². The summed E-state index contributed by atoms with van der Waals surface area (Å²) in [5, 5.41) is 0. The molecule has 1 atom stereocenters. The van der Waals surface area contributed by atoms with Gasteiger partial charge in [-0.3, -0.25) is 0 Å². The maximum atomic E-state index is 5.61. The summed E-state index contributed by atoms with van der Waals surface area (Å²) in [6.45, 7) is 1.67. The molecule has 0 aliphatic heterocycles. The number of benzene rings is 2. The maximum absolute atomic E-state index is 5.61. The number of likely N-dealkylation sites (N-methyl/N-ethyl adjacent to an activating group) is 1. The molecule has 0 aliphatic rings. The molecule has 0 aliphatic carbocycles. The Bertz CT molecular complexity index is 524. The van der Waals surface area contributed by atoms with Crippen LogP contribution in [0.5, 0.6) is 0 Å². The third-order valence-corrected chi connectivity index (χ3v) is 3.81. The van der Waals surface area contributed by atoms with Gasteiger partial charge in [-0.25, -0.2) is 0 Å². The summed E-state index contributed by atoms with van der Waals surface area (Å²) in [6.07, 6.45) is 0.976. The number of methoxy groups -OCH3 is 1. The van der Waals surface area contributed by atoms with Crippen LogP contribution in [0.4, 0.5) is 0 Å². The second kappa shape index (κ2) is 7.39. The van der Waals surface area contributed by atoms with Gasteiger partial charge in [0, 0.05) is 19.1 Å². The summed E-state index contributed by atoms with van der Waals surface area (Å²) in [5.74, 6) is 0. The molecule has 0 amide bonds. The van der Waals surface area contributed by atoms with E-state index in [4.69, 9.17) is 4.74 Å². The number of ether oxygens (including phenoxy) is 1. The Morgan fingerprint density at radius 2 is 1.48 bits per heavy atom. The van der Waals surface area contributed by atoms with Crippen molar-refractivity contribution in [2.45, 2.75) is 11.8 Å². The average Bonchev–Trinajstić information content (AvgIpc) is 2.49. The van der Waals surface area contributed by atoms with E-state index in [0.717, 1.165) is 13.0 Å². The van der Waals surface area contributed by atoms with Crippen molar-refractivity contribution in [3.63, 3.8) is 0 Å². The molecule has 112 valence electrons. The Kier molecular flexibility index (Phi) is 5.54. The van der Waals surface area contributed by atoms with E-state index in [-0.39, 0.29) is 5.41 Å². The van der Waals surface area contributed by atoms with Gasteiger partial charge in [-0.15, -0.1) is 0 Å². The van der Waals surface area contributed by atoms with Gasteiger partial charge < -0.3 is 9.64 Å². The summed E-state index contributed by atoms with van der Waals surface area (Å²) in [5.41, 5.74) is 2.66. The zero-order valence-electron chi connectivity index (χ0n) is 13.3. The summed E-state index contributed by atoms with van der Waals surface area (Å²) in [6, 6.07) is 21.4. The zero-order chi connectivity index (χ0) is 15.1. The zero-order valence-corrected chi connectivity index (χ0v) is 13.3. The van der Waals surface area contributed by atoms with Gasteiger partial charge in [-0.05, 0) is 31.6 Å². The van der Waals surface area contributed by atoms with E-state index in [0.29, 0.717) is 6.61 Å². The molecule has 2 nitrogen and oxygen atoms in total. The largest absolute Gasteiger partial charge is 0.384 e. The minimum Gasteiger partial charge on any atom is -0.384 e. The van der Waals surface area contributed by atoms with Crippen molar-refractivity contribution in [2.24, 2.45) is 0 Å². The standard InChI is InChI=1S/C19H25NO/c1-20(2)15-19(16-21-3,18-12-8-5-9-13-18)14-17-10-6-4-7-11-17/h4-13H,14-16H2,1-3H3. The SMILES string of the molecule is COCC(Cc1ccccc1)(CN(C)C)c1ccccc1. The Morgan fingerprint density at radius 1 is 0.905 bits per heavy atom. The average molecular weight is 283 g/mol. The van der Waals surface area contributed by atoms with Gasteiger partial charge in [0.1, 0.15) is 0 Å². The van der Waals surface area contributed by atoms with Crippen LogP contribution < -0.4 is 0 Å². The molecule has 0 spiro atoms.